The van der Waals surface area contributed by atoms with Gasteiger partial charge in [0.25, 0.3) is 0 Å². The molecule has 3 heterocycles. The number of para-hydroxylation sites is 1. The number of hydrogen-bond donors (Lipinski definition) is 2. The maximum Gasteiger partial charge on any atom is 0.193 e. The van der Waals surface area contributed by atoms with Crippen LogP contribution in [0.25, 0.3) is 10.9 Å². The number of halogens is 1. The summed E-state index contributed by atoms with van der Waals surface area (Å²) in [5.74, 6) is 1.08. The number of aryl methyl sites for hydroxylation is 1. The number of nitrogens with one attached hydrogen (secondary N) is 2. The highest BCUT2D eigenvalue weighted by atomic mass is 127. The Balaban J connectivity index is 0.00000240. The van der Waals surface area contributed by atoms with Crippen LogP contribution in [0.5, 0.6) is 0 Å². The van der Waals surface area contributed by atoms with E-state index in [2.05, 4.69) is 70.5 Å². The average Bonchev–Trinajstić information content (AvgIpc) is 3.47. The molecule has 1 aromatic heterocycles. The second-order valence-electron chi connectivity index (χ2n) is 7.81. The summed E-state index contributed by atoms with van der Waals surface area (Å²) in [4.78, 5) is 13.5. The molecule has 1 saturated heterocycles. The third-order valence-corrected chi connectivity index (χ3v) is 6.07. The minimum atomic E-state index is 0. The Labute approximate surface area is 191 Å². The third-order valence-electron chi connectivity index (χ3n) is 6.07. The number of H-pyrrole nitrogens is 1. The van der Waals surface area contributed by atoms with Crippen molar-refractivity contribution < 1.29 is 0 Å². The van der Waals surface area contributed by atoms with Crippen LogP contribution in [-0.2, 0) is 12.8 Å². The Morgan fingerprint density at radius 3 is 2.79 bits per heavy atom. The lowest BCUT2D eigenvalue weighted by atomic mass is 10.1. The first kappa shape index (κ1) is 22.2. The lowest BCUT2D eigenvalue weighted by Gasteiger charge is -2.25. The highest BCUT2D eigenvalue weighted by Gasteiger charge is 2.29. The quantitative estimate of drug-likeness (QED) is 0.271. The van der Waals surface area contributed by atoms with Crippen LogP contribution in [-0.4, -0.2) is 66.1 Å². The van der Waals surface area contributed by atoms with Gasteiger partial charge in [-0.15, -0.1) is 24.0 Å². The van der Waals surface area contributed by atoms with E-state index >= 15 is 0 Å². The average molecular weight is 507 g/mol. The molecule has 1 atom stereocenters. The van der Waals surface area contributed by atoms with Gasteiger partial charge < -0.3 is 15.2 Å². The molecule has 2 aliphatic heterocycles. The highest BCUT2D eigenvalue weighted by Crippen LogP contribution is 2.23. The zero-order valence-electron chi connectivity index (χ0n) is 17.7. The Bertz CT molecular complexity index is 848. The zero-order valence-corrected chi connectivity index (χ0v) is 20.0. The van der Waals surface area contributed by atoms with Crippen LogP contribution in [0.15, 0.2) is 41.5 Å². The van der Waals surface area contributed by atoms with Gasteiger partial charge >= 0.3 is 0 Å². The monoisotopic (exact) mass is 507 g/mol. The van der Waals surface area contributed by atoms with Crippen molar-refractivity contribution >= 4 is 40.8 Å². The number of nitrogens with zero attached hydrogens (tertiary/aromatic N) is 3. The predicted molar refractivity (Wildman–Crippen MR) is 133 cm³/mol. The van der Waals surface area contributed by atoms with E-state index in [4.69, 9.17) is 4.99 Å². The molecule has 0 saturated carbocycles. The first-order valence-electron chi connectivity index (χ1n) is 10.8. The largest absolute Gasteiger partial charge is 0.361 e. The van der Waals surface area contributed by atoms with E-state index < -0.39 is 0 Å². The molecule has 29 heavy (non-hydrogen) atoms. The maximum absolute atomic E-state index is 4.96. The summed E-state index contributed by atoms with van der Waals surface area (Å²) in [6.45, 7) is 10.5. The topological polar surface area (TPSA) is 46.7 Å². The molecule has 6 heteroatoms. The first-order valence-corrected chi connectivity index (χ1v) is 10.8. The van der Waals surface area contributed by atoms with Gasteiger partial charge in [0, 0.05) is 62.4 Å². The summed E-state index contributed by atoms with van der Waals surface area (Å²) in [5.41, 5.74) is 4.05. The van der Waals surface area contributed by atoms with E-state index in [0.29, 0.717) is 6.04 Å². The van der Waals surface area contributed by atoms with Gasteiger partial charge in [-0.3, -0.25) is 9.89 Å². The van der Waals surface area contributed by atoms with Crippen molar-refractivity contribution in [3.63, 3.8) is 0 Å². The van der Waals surface area contributed by atoms with Crippen LogP contribution in [0.3, 0.4) is 0 Å². The number of benzene rings is 1. The minimum Gasteiger partial charge on any atom is -0.361 e. The molecule has 0 spiro atoms. The molecule has 2 N–H and O–H groups in total. The Hall–Kier alpha value is -1.54. The van der Waals surface area contributed by atoms with E-state index in [1.807, 2.05) is 0 Å². The van der Waals surface area contributed by atoms with E-state index in [1.54, 1.807) is 0 Å². The van der Waals surface area contributed by atoms with Crippen molar-refractivity contribution in [1.29, 1.82) is 0 Å². The lowest BCUT2D eigenvalue weighted by molar-refractivity contribution is 0.259. The summed E-state index contributed by atoms with van der Waals surface area (Å²) in [6, 6.07) is 7.26. The SMILES string of the molecule is CCNC(=NCCc1c[nH]c2c(CC)cccc12)N1CCC(N2CC=CC2)C1.I. The van der Waals surface area contributed by atoms with Crippen LogP contribution in [0.1, 0.15) is 31.4 Å². The standard InChI is InChI=1S/C23H33N5.HI/c1-3-18-8-7-9-21-19(16-26-22(18)21)10-12-25-23(24-4-2)28-15-11-20(17-28)27-13-5-6-14-27;/h5-9,16,20,26H,3-4,10-15,17H2,1-2H3,(H,24,25);1H. The number of likely N-dealkylation sites (tertiary alicyclic amines) is 1. The van der Waals surface area contributed by atoms with Crippen molar-refractivity contribution in [2.45, 2.75) is 39.2 Å². The fourth-order valence-corrected chi connectivity index (χ4v) is 4.51. The third kappa shape index (κ3) is 4.97. The molecule has 0 radical (unpaired) electrons. The van der Waals surface area contributed by atoms with E-state index in [1.165, 1.54) is 28.5 Å². The number of fused-ring (bicyclic) bond motifs is 1. The number of aromatic nitrogens is 1. The Morgan fingerprint density at radius 2 is 2.03 bits per heavy atom. The van der Waals surface area contributed by atoms with Gasteiger partial charge in [0.15, 0.2) is 5.96 Å². The smallest absolute Gasteiger partial charge is 0.193 e. The van der Waals surface area contributed by atoms with Gasteiger partial charge in [0.2, 0.25) is 0 Å². The molecule has 0 aliphatic carbocycles. The molecular weight excluding hydrogens is 473 g/mol. The minimum absolute atomic E-state index is 0. The number of aliphatic imine (C=N–C) groups is 1. The number of guanidine groups is 1. The van der Waals surface area contributed by atoms with E-state index in [0.717, 1.165) is 58.1 Å². The van der Waals surface area contributed by atoms with Crippen LogP contribution in [0.4, 0.5) is 0 Å². The van der Waals surface area contributed by atoms with Gasteiger partial charge in [0.1, 0.15) is 0 Å². The number of rotatable bonds is 6. The molecule has 2 aromatic rings. The molecule has 2 aliphatic rings. The second kappa shape index (κ2) is 10.5. The van der Waals surface area contributed by atoms with Gasteiger partial charge in [0.05, 0.1) is 0 Å². The molecule has 158 valence electrons. The fraction of sp³-hybridized carbons (Fsp3) is 0.522. The second-order valence-corrected chi connectivity index (χ2v) is 7.81. The lowest BCUT2D eigenvalue weighted by Crippen LogP contribution is -2.43. The molecule has 0 amide bonds. The van der Waals surface area contributed by atoms with Crippen molar-refractivity contribution in [2.75, 3.05) is 39.3 Å². The summed E-state index contributed by atoms with van der Waals surface area (Å²) in [5, 5.41) is 4.85. The van der Waals surface area contributed by atoms with Crippen molar-refractivity contribution in [3.05, 3.63) is 47.7 Å². The normalized spacial score (nSPS) is 19.9. The zero-order chi connectivity index (χ0) is 19.3. The van der Waals surface area contributed by atoms with Crippen molar-refractivity contribution in [2.24, 2.45) is 4.99 Å². The van der Waals surface area contributed by atoms with Crippen LogP contribution in [0.2, 0.25) is 0 Å². The molecule has 1 unspecified atom stereocenters. The highest BCUT2D eigenvalue weighted by molar-refractivity contribution is 14.0. The Morgan fingerprint density at radius 1 is 1.21 bits per heavy atom. The molecule has 1 fully saturated rings. The summed E-state index contributed by atoms with van der Waals surface area (Å²) >= 11 is 0. The number of aromatic amines is 1. The van der Waals surface area contributed by atoms with Gasteiger partial charge in [-0.1, -0.05) is 37.3 Å². The van der Waals surface area contributed by atoms with Gasteiger partial charge in [-0.25, -0.2) is 0 Å². The van der Waals surface area contributed by atoms with Gasteiger partial charge in [-0.2, -0.15) is 0 Å². The van der Waals surface area contributed by atoms with Crippen molar-refractivity contribution in [3.8, 4) is 0 Å². The first-order chi connectivity index (χ1) is 13.8. The van der Waals surface area contributed by atoms with Crippen molar-refractivity contribution in [1.82, 2.24) is 20.1 Å². The summed E-state index contributed by atoms with van der Waals surface area (Å²) < 4.78 is 0. The van der Waals surface area contributed by atoms with E-state index in [9.17, 15) is 0 Å². The molecule has 0 bridgehead atoms. The summed E-state index contributed by atoms with van der Waals surface area (Å²) in [7, 11) is 0. The number of hydrogen-bond acceptors (Lipinski definition) is 2. The Kier molecular flexibility index (Phi) is 8.00. The fourth-order valence-electron chi connectivity index (χ4n) is 4.51. The molecule has 1 aromatic carbocycles. The molecular formula is C23H34IN5. The molecule has 5 nitrogen and oxygen atoms in total. The van der Waals surface area contributed by atoms with E-state index in [-0.39, 0.29) is 24.0 Å². The maximum atomic E-state index is 4.96. The molecule has 4 rings (SSSR count). The van der Waals surface area contributed by atoms with Crippen LogP contribution >= 0.6 is 24.0 Å². The predicted octanol–water partition coefficient (Wildman–Crippen LogP) is 3.80. The summed E-state index contributed by atoms with van der Waals surface area (Å²) in [6.07, 6.45) is 9.99. The van der Waals surface area contributed by atoms with Crippen LogP contribution < -0.4 is 5.32 Å². The van der Waals surface area contributed by atoms with Crippen LogP contribution in [0, 0.1) is 0 Å². The van der Waals surface area contributed by atoms with Gasteiger partial charge in [-0.05, 0) is 37.3 Å².